The molecule has 0 unspecified atom stereocenters. The fourth-order valence-electron chi connectivity index (χ4n) is 4.33. The maximum atomic E-state index is 13.3. The number of carbonyl (C=O) groups is 2. The monoisotopic (exact) mass is 434 g/mol. The van der Waals surface area contributed by atoms with Crippen molar-refractivity contribution in [3.05, 3.63) is 70.8 Å². The van der Waals surface area contributed by atoms with E-state index in [4.69, 9.17) is 0 Å². The molecular formula is C28H38N2O2. The molecule has 0 heterocycles. The third-order valence-corrected chi connectivity index (χ3v) is 6.62. The van der Waals surface area contributed by atoms with Crippen molar-refractivity contribution in [2.24, 2.45) is 0 Å². The Bertz CT molecular complexity index is 881. The van der Waals surface area contributed by atoms with Crippen molar-refractivity contribution in [3.8, 4) is 0 Å². The van der Waals surface area contributed by atoms with Crippen molar-refractivity contribution in [2.45, 2.75) is 90.8 Å². The van der Waals surface area contributed by atoms with E-state index in [0.717, 1.165) is 24.0 Å². The Hall–Kier alpha value is -2.62. The number of amides is 2. The Morgan fingerprint density at radius 1 is 0.938 bits per heavy atom. The molecule has 2 aromatic rings. The first-order chi connectivity index (χ1) is 15.3. The predicted octanol–water partition coefficient (Wildman–Crippen LogP) is 5.53. The van der Waals surface area contributed by atoms with Gasteiger partial charge >= 0.3 is 0 Å². The molecule has 1 N–H and O–H groups in total. The largest absolute Gasteiger partial charge is 0.352 e. The minimum atomic E-state index is -0.493. The van der Waals surface area contributed by atoms with E-state index in [1.807, 2.05) is 19.1 Å². The summed E-state index contributed by atoms with van der Waals surface area (Å²) in [7, 11) is 0. The molecule has 0 aromatic heterocycles. The van der Waals surface area contributed by atoms with Gasteiger partial charge < -0.3 is 10.2 Å². The highest BCUT2D eigenvalue weighted by Crippen LogP contribution is 2.20. The van der Waals surface area contributed by atoms with Gasteiger partial charge in [0.05, 0.1) is 0 Å². The summed E-state index contributed by atoms with van der Waals surface area (Å²) in [5.74, 6) is 0.473. The van der Waals surface area contributed by atoms with Gasteiger partial charge in [-0.05, 0) is 55.7 Å². The van der Waals surface area contributed by atoms with E-state index in [9.17, 15) is 9.59 Å². The zero-order valence-corrected chi connectivity index (χ0v) is 20.1. The average Bonchev–Trinajstić information content (AvgIpc) is 3.30. The molecule has 2 aromatic carbocycles. The van der Waals surface area contributed by atoms with Crippen molar-refractivity contribution < 1.29 is 9.59 Å². The number of hydrogen-bond acceptors (Lipinski definition) is 2. The number of benzene rings is 2. The molecule has 1 fully saturated rings. The maximum absolute atomic E-state index is 13.3. The maximum Gasteiger partial charge on any atom is 0.242 e. The van der Waals surface area contributed by atoms with Gasteiger partial charge in [-0.1, -0.05) is 80.8 Å². The number of rotatable bonds is 9. The molecule has 0 radical (unpaired) electrons. The first kappa shape index (κ1) is 24.0. The minimum absolute atomic E-state index is 0.0209. The van der Waals surface area contributed by atoms with Gasteiger partial charge in [0.1, 0.15) is 6.04 Å². The topological polar surface area (TPSA) is 49.4 Å². The quantitative estimate of drug-likeness (QED) is 0.564. The summed E-state index contributed by atoms with van der Waals surface area (Å²) in [6.45, 7) is 8.71. The van der Waals surface area contributed by atoms with Gasteiger partial charge in [-0.3, -0.25) is 9.59 Å². The van der Waals surface area contributed by atoms with Crippen LogP contribution in [0.15, 0.2) is 48.5 Å². The molecule has 3 rings (SSSR count). The van der Waals surface area contributed by atoms with Gasteiger partial charge in [0.25, 0.3) is 0 Å². The van der Waals surface area contributed by atoms with Crippen LogP contribution in [0.1, 0.15) is 81.0 Å². The van der Waals surface area contributed by atoms with Gasteiger partial charge in [0.2, 0.25) is 11.8 Å². The molecular weight excluding hydrogens is 396 g/mol. The van der Waals surface area contributed by atoms with Crippen LogP contribution in [0.25, 0.3) is 0 Å². The second-order valence-corrected chi connectivity index (χ2v) is 9.57. The predicted molar refractivity (Wildman–Crippen MR) is 130 cm³/mol. The summed E-state index contributed by atoms with van der Waals surface area (Å²) in [5.41, 5.74) is 4.69. The Kier molecular flexibility index (Phi) is 8.49. The van der Waals surface area contributed by atoms with Crippen molar-refractivity contribution >= 4 is 11.8 Å². The fourth-order valence-corrected chi connectivity index (χ4v) is 4.33. The number of aryl methyl sites for hydroxylation is 2. The van der Waals surface area contributed by atoms with E-state index in [-0.39, 0.29) is 17.9 Å². The third kappa shape index (κ3) is 6.69. The van der Waals surface area contributed by atoms with E-state index in [1.54, 1.807) is 4.90 Å². The Morgan fingerprint density at radius 2 is 1.53 bits per heavy atom. The van der Waals surface area contributed by atoms with Crippen LogP contribution < -0.4 is 5.32 Å². The van der Waals surface area contributed by atoms with Gasteiger partial charge in [-0.2, -0.15) is 0 Å². The summed E-state index contributed by atoms with van der Waals surface area (Å²) in [5, 5.41) is 3.17. The normalized spacial score (nSPS) is 15.0. The lowest BCUT2D eigenvalue weighted by Crippen LogP contribution is -2.49. The van der Waals surface area contributed by atoms with Crippen LogP contribution in [0.4, 0.5) is 0 Å². The molecule has 1 atom stereocenters. The molecule has 0 bridgehead atoms. The lowest BCUT2D eigenvalue weighted by atomic mass is 10.00. The molecule has 172 valence electrons. The second kappa shape index (κ2) is 11.3. The summed E-state index contributed by atoms with van der Waals surface area (Å²) in [6.07, 6.45) is 5.49. The van der Waals surface area contributed by atoms with Crippen LogP contribution >= 0.6 is 0 Å². The highest BCUT2D eigenvalue weighted by molar-refractivity contribution is 5.87. The van der Waals surface area contributed by atoms with Crippen LogP contribution in [0.3, 0.4) is 0 Å². The zero-order chi connectivity index (χ0) is 23.1. The van der Waals surface area contributed by atoms with Crippen molar-refractivity contribution in [2.75, 3.05) is 0 Å². The molecule has 4 nitrogen and oxygen atoms in total. The van der Waals surface area contributed by atoms with Gasteiger partial charge in [-0.25, -0.2) is 0 Å². The van der Waals surface area contributed by atoms with E-state index < -0.39 is 6.04 Å². The van der Waals surface area contributed by atoms with Crippen LogP contribution in [0.2, 0.25) is 0 Å². The highest BCUT2D eigenvalue weighted by Gasteiger charge is 2.28. The summed E-state index contributed by atoms with van der Waals surface area (Å²) in [6, 6.07) is 16.5. The Labute approximate surface area is 193 Å². The molecule has 1 aliphatic carbocycles. The molecule has 2 amide bonds. The summed E-state index contributed by atoms with van der Waals surface area (Å²) < 4.78 is 0. The molecule has 1 aliphatic rings. The molecule has 0 spiro atoms. The van der Waals surface area contributed by atoms with Gasteiger partial charge in [-0.15, -0.1) is 0 Å². The number of nitrogens with one attached hydrogen (secondary N) is 1. The number of nitrogens with zero attached hydrogens (tertiary/aromatic N) is 1. The smallest absolute Gasteiger partial charge is 0.242 e. The van der Waals surface area contributed by atoms with E-state index in [2.05, 4.69) is 62.5 Å². The summed E-state index contributed by atoms with van der Waals surface area (Å²) >= 11 is 0. The molecule has 1 saturated carbocycles. The first-order valence-corrected chi connectivity index (χ1v) is 12.1. The summed E-state index contributed by atoms with van der Waals surface area (Å²) in [4.78, 5) is 28.0. The van der Waals surface area contributed by atoms with Crippen LogP contribution in [0.5, 0.6) is 0 Å². The molecule has 0 aliphatic heterocycles. The standard InChI is InChI=1S/C28H38N2O2/c1-20(2)25-16-13-23(14-17-25)15-18-27(31)30(19-24-11-9-21(3)10-12-24)22(4)28(32)29-26-7-5-6-8-26/h9-14,16-17,20,22,26H,5-8,15,18-19H2,1-4H3,(H,29,32)/t22-/m1/s1. The van der Waals surface area contributed by atoms with Crippen molar-refractivity contribution in [1.82, 2.24) is 10.2 Å². The Balaban J connectivity index is 1.68. The van der Waals surface area contributed by atoms with E-state index in [0.29, 0.717) is 25.3 Å². The van der Waals surface area contributed by atoms with Crippen molar-refractivity contribution in [3.63, 3.8) is 0 Å². The van der Waals surface area contributed by atoms with Crippen LogP contribution in [0, 0.1) is 6.92 Å². The van der Waals surface area contributed by atoms with E-state index >= 15 is 0 Å². The molecule has 0 saturated heterocycles. The van der Waals surface area contributed by atoms with Crippen LogP contribution in [-0.4, -0.2) is 28.8 Å². The lowest BCUT2D eigenvalue weighted by molar-refractivity contribution is -0.140. The molecule has 32 heavy (non-hydrogen) atoms. The second-order valence-electron chi connectivity index (χ2n) is 9.57. The van der Waals surface area contributed by atoms with Gasteiger partial charge in [0, 0.05) is 19.0 Å². The van der Waals surface area contributed by atoms with Crippen LogP contribution in [-0.2, 0) is 22.6 Å². The average molecular weight is 435 g/mol. The highest BCUT2D eigenvalue weighted by atomic mass is 16.2. The number of hydrogen-bond donors (Lipinski definition) is 1. The zero-order valence-electron chi connectivity index (χ0n) is 20.1. The van der Waals surface area contributed by atoms with Crippen molar-refractivity contribution in [1.29, 1.82) is 0 Å². The van der Waals surface area contributed by atoms with Gasteiger partial charge in [0.15, 0.2) is 0 Å². The first-order valence-electron chi connectivity index (χ1n) is 12.1. The lowest BCUT2D eigenvalue weighted by Gasteiger charge is -2.30. The Morgan fingerprint density at radius 3 is 2.12 bits per heavy atom. The van der Waals surface area contributed by atoms with E-state index in [1.165, 1.54) is 24.0 Å². The third-order valence-electron chi connectivity index (χ3n) is 6.62. The SMILES string of the molecule is Cc1ccc(CN(C(=O)CCc2ccc(C(C)C)cc2)[C@H](C)C(=O)NC2CCCC2)cc1. The fraction of sp³-hybridized carbons (Fsp3) is 0.500. The minimum Gasteiger partial charge on any atom is -0.352 e. The number of carbonyl (C=O) groups excluding carboxylic acids is 2. The molecule has 4 heteroatoms.